The Labute approximate surface area is 153 Å². The Balaban J connectivity index is 2.06. The number of nitrogens with zero attached hydrogens (tertiary/aromatic N) is 3. The molecule has 2 rings (SSSR count). The molecule has 0 aliphatic carbocycles. The van der Waals surface area contributed by atoms with Gasteiger partial charge in [0.05, 0.1) is 18.0 Å². The lowest BCUT2D eigenvalue weighted by Gasteiger charge is -2.19. The number of halogens is 1. The van der Waals surface area contributed by atoms with Gasteiger partial charge >= 0.3 is 0 Å². The van der Waals surface area contributed by atoms with Crippen molar-refractivity contribution in [3.05, 3.63) is 46.9 Å². The third-order valence-corrected chi connectivity index (χ3v) is 4.10. The first kappa shape index (κ1) is 19.0. The Kier molecular flexibility index (Phi) is 7.47. The molecule has 1 N–H and O–H groups in total. The summed E-state index contributed by atoms with van der Waals surface area (Å²) in [6.07, 6.45) is 4.76. The Morgan fingerprint density at radius 2 is 2.00 bits per heavy atom. The van der Waals surface area contributed by atoms with Crippen LogP contribution in [0.2, 0.25) is 5.02 Å². The van der Waals surface area contributed by atoms with E-state index in [1.54, 1.807) is 6.21 Å². The Morgan fingerprint density at radius 1 is 1.24 bits per heavy atom. The molecule has 0 radical (unpaired) electrons. The molecule has 1 heterocycles. The summed E-state index contributed by atoms with van der Waals surface area (Å²) >= 11 is 6.38. The molecule has 25 heavy (non-hydrogen) atoms. The van der Waals surface area contributed by atoms with Crippen LogP contribution in [-0.4, -0.2) is 29.9 Å². The number of hydrogen-bond acceptors (Lipinski definition) is 6. The molecule has 2 aromatic rings. The maximum Gasteiger partial charge on any atom is 0.149 e. The van der Waals surface area contributed by atoms with E-state index >= 15 is 0 Å². The molecular weight excluding hydrogens is 340 g/mol. The molecule has 1 aromatic heterocycles. The van der Waals surface area contributed by atoms with E-state index in [9.17, 15) is 0 Å². The van der Waals surface area contributed by atoms with Crippen molar-refractivity contribution in [1.82, 2.24) is 9.97 Å². The van der Waals surface area contributed by atoms with E-state index in [1.165, 1.54) is 13.4 Å². The maximum absolute atomic E-state index is 6.38. The van der Waals surface area contributed by atoms with Crippen molar-refractivity contribution < 1.29 is 9.57 Å². The molecule has 0 saturated carbocycles. The van der Waals surface area contributed by atoms with Gasteiger partial charge in [0.15, 0.2) is 0 Å². The second kappa shape index (κ2) is 9.84. The van der Waals surface area contributed by atoms with Crippen molar-refractivity contribution in [3.63, 3.8) is 0 Å². The highest BCUT2D eigenvalue weighted by Gasteiger charge is 2.14. The van der Waals surface area contributed by atoms with Crippen molar-refractivity contribution in [2.75, 3.05) is 19.0 Å². The van der Waals surface area contributed by atoms with Gasteiger partial charge in [-0.2, -0.15) is 0 Å². The van der Waals surface area contributed by atoms with Crippen LogP contribution in [0.5, 0.6) is 5.75 Å². The number of aryl methyl sites for hydroxylation is 1. The molecular formula is C18H23ClN4O2. The van der Waals surface area contributed by atoms with Crippen LogP contribution >= 0.6 is 11.6 Å². The van der Waals surface area contributed by atoms with Crippen LogP contribution in [-0.2, 0) is 11.3 Å². The number of ether oxygens (including phenoxy) is 1. The first-order chi connectivity index (χ1) is 12.2. The summed E-state index contributed by atoms with van der Waals surface area (Å²) in [4.78, 5) is 13.1. The number of aromatic nitrogens is 2. The van der Waals surface area contributed by atoms with Crippen molar-refractivity contribution >= 4 is 23.6 Å². The molecule has 0 spiro atoms. The highest BCUT2D eigenvalue weighted by molar-refractivity contribution is 6.33. The molecule has 0 aliphatic rings. The fraction of sp³-hybridized carbons (Fsp3) is 0.389. The number of anilines is 1. The van der Waals surface area contributed by atoms with E-state index in [4.69, 9.17) is 16.3 Å². The number of benzene rings is 1. The molecule has 0 aliphatic heterocycles. The van der Waals surface area contributed by atoms with Gasteiger partial charge in [-0.15, -0.1) is 0 Å². The second-order valence-corrected chi connectivity index (χ2v) is 5.67. The highest BCUT2D eigenvalue weighted by atomic mass is 35.5. The van der Waals surface area contributed by atoms with E-state index < -0.39 is 0 Å². The fourth-order valence-corrected chi connectivity index (χ4v) is 2.66. The molecule has 0 saturated heterocycles. The van der Waals surface area contributed by atoms with E-state index in [1.807, 2.05) is 31.2 Å². The van der Waals surface area contributed by atoms with Gasteiger partial charge in [-0.05, 0) is 30.5 Å². The molecule has 7 heteroatoms. The van der Waals surface area contributed by atoms with Crippen molar-refractivity contribution in [3.8, 4) is 5.75 Å². The van der Waals surface area contributed by atoms with Gasteiger partial charge in [-0.1, -0.05) is 42.7 Å². The van der Waals surface area contributed by atoms with Gasteiger partial charge in [-0.3, -0.25) is 0 Å². The normalized spacial score (nSPS) is 12.2. The summed E-state index contributed by atoms with van der Waals surface area (Å²) in [6.45, 7) is 4.49. The molecule has 0 fully saturated rings. The number of nitrogens with one attached hydrogen (secondary N) is 1. The Hall–Kier alpha value is -2.34. The number of hydrogen-bond donors (Lipinski definition) is 1. The molecule has 0 amide bonds. The van der Waals surface area contributed by atoms with E-state index in [2.05, 4.69) is 32.2 Å². The molecule has 1 aromatic carbocycles. The standard InChI is InChI=1S/C18H23ClN4O2/c1-4-15(23-18-17(19)16(5-2)20-12-21-18)13-6-8-14(9-7-13)25-11-10-22-24-3/h6-10,12,15H,4-5,11H2,1-3H3,(H,20,21,23)/b22-10+. The first-order valence-corrected chi connectivity index (χ1v) is 8.61. The van der Waals surface area contributed by atoms with Crippen LogP contribution in [0.25, 0.3) is 0 Å². The summed E-state index contributed by atoms with van der Waals surface area (Å²) in [5, 5.41) is 7.62. The second-order valence-electron chi connectivity index (χ2n) is 5.29. The number of rotatable bonds is 9. The van der Waals surface area contributed by atoms with Gasteiger partial charge in [0.1, 0.15) is 36.6 Å². The third-order valence-electron chi connectivity index (χ3n) is 3.70. The van der Waals surface area contributed by atoms with Gasteiger partial charge in [0, 0.05) is 0 Å². The quantitative estimate of drug-likeness (QED) is 0.533. The Bertz CT molecular complexity index is 692. The summed E-state index contributed by atoms with van der Waals surface area (Å²) in [7, 11) is 1.50. The summed E-state index contributed by atoms with van der Waals surface area (Å²) in [5.41, 5.74) is 1.98. The zero-order valence-corrected chi connectivity index (χ0v) is 15.5. The van der Waals surface area contributed by atoms with Crippen LogP contribution in [0, 0.1) is 0 Å². The topological polar surface area (TPSA) is 68.6 Å². The predicted octanol–water partition coefficient (Wildman–Crippen LogP) is 4.27. The van der Waals surface area contributed by atoms with E-state index in [0.717, 1.165) is 29.8 Å². The lowest BCUT2D eigenvalue weighted by molar-refractivity contribution is 0.212. The van der Waals surface area contributed by atoms with Gasteiger partial charge in [0.25, 0.3) is 0 Å². The zero-order valence-electron chi connectivity index (χ0n) is 14.7. The maximum atomic E-state index is 6.38. The molecule has 134 valence electrons. The van der Waals surface area contributed by atoms with Crippen LogP contribution in [0.4, 0.5) is 5.82 Å². The van der Waals surface area contributed by atoms with Crippen molar-refractivity contribution in [2.45, 2.75) is 32.7 Å². The third kappa shape index (κ3) is 5.32. The minimum absolute atomic E-state index is 0.0983. The van der Waals surface area contributed by atoms with Crippen molar-refractivity contribution in [2.24, 2.45) is 5.16 Å². The summed E-state index contributed by atoms with van der Waals surface area (Å²) in [5.74, 6) is 1.44. The minimum Gasteiger partial charge on any atom is -0.488 e. The largest absolute Gasteiger partial charge is 0.488 e. The van der Waals surface area contributed by atoms with Crippen LogP contribution < -0.4 is 10.1 Å². The molecule has 6 nitrogen and oxygen atoms in total. The zero-order chi connectivity index (χ0) is 18.1. The minimum atomic E-state index is 0.0983. The van der Waals surface area contributed by atoms with E-state index in [0.29, 0.717) is 17.4 Å². The fourth-order valence-electron chi connectivity index (χ4n) is 2.37. The van der Waals surface area contributed by atoms with Crippen LogP contribution in [0.3, 0.4) is 0 Å². The van der Waals surface area contributed by atoms with Gasteiger partial charge in [0.2, 0.25) is 0 Å². The molecule has 1 unspecified atom stereocenters. The average molecular weight is 363 g/mol. The SMILES string of the molecule is CCc1ncnc(NC(CC)c2ccc(OC/C=N/OC)cc2)c1Cl. The van der Waals surface area contributed by atoms with Crippen LogP contribution in [0.1, 0.15) is 37.6 Å². The van der Waals surface area contributed by atoms with Gasteiger partial charge in [-0.25, -0.2) is 9.97 Å². The summed E-state index contributed by atoms with van der Waals surface area (Å²) < 4.78 is 5.55. The highest BCUT2D eigenvalue weighted by Crippen LogP contribution is 2.28. The lowest BCUT2D eigenvalue weighted by Crippen LogP contribution is -2.12. The van der Waals surface area contributed by atoms with Gasteiger partial charge < -0.3 is 14.9 Å². The predicted molar refractivity (Wildman–Crippen MR) is 101 cm³/mol. The summed E-state index contributed by atoms with van der Waals surface area (Å²) in [6, 6.07) is 8.01. The first-order valence-electron chi connectivity index (χ1n) is 8.23. The molecule has 0 bridgehead atoms. The smallest absolute Gasteiger partial charge is 0.149 e. The van der Waals surface area contributed by atoms with Crippen molar-refractivity contribution in [1.29, 1.82) is 0 Å². The average Bonchev–Trinajstić information content (AvgIpc) is 2.65. The Morgan fingerprint density at radius 3 is 2.64 bits per heavy atom. The molecule has 1 atom stereocenters. The lowest BCUT2D eigenvalue weighted by atomic mass is 10.0. The van der Waals surface area contributed by atoms with E-state index in [-0.39, 0.29) is 6.04 Å². The monoisotopic (exact) mass is 362 g/mol. The van der Waals surface area contributed by atoms with Crippen LogP contribution in [0.15, 0.2) is 35.7 Å². The number of oxime groups is 1.